The normalized spacial score (nSPS) is 20.3. The summed E-state index contributed by atoms with van der Waals surface area (Å²) in [5.41, 5.74) is 0.887. The first-order chi connectivity index (χ1) is 11.1. The second kappa shape index (κ2) is 6.78. The maximum Gasteiger partial charge on any atom is 0.249 e. The van der Waals surface area contributed by atoms with Crippen LogP contribution in [0, 0.1) is 0 Å². The summed E-state index contributed by atoms with van der Waals surface area (Å²) >= 11 is 35.5. The fraction of sp³-hybridized carbons (Fsp3) is 0.385. The largest absolute Gasteiger partial charge is 0.454 e. The van der Waals surface area contributed by atoms with Crippen molar-refractivity contribution in [2.75, 3.05) is 6.79 Å². The number of nitrogens with zero attached hydrogens (tertiary/aromatic N) is 3. The average Bonchev–Trinajstić information content (AvgIpc) is 2.93. The molecule has 5 nitrogen and oxygen atoms in total. The molecule has 0 bridgehead atoms. The van der Waals surface area contributed by atoms with Gasteiger partial charge in [0, 0.05) is 6.54 Å². The molecule has 3 rings (SSSR count). The third-order valence-electron chi connectivity index (χ3n) is 3.24. The van der Waals surface area contributed by atoms with Gasteiger partial charge in [-0.05, 0) is 17.7 Å². The predicted molar refractivity (Wildman–Crippen MR) is 98.4 cm³/mol. The van der Waals surface area contributed by atoms with E-state index >= 15 is 0 Å². The van der Waals surface area contributed by atoms with Gasteiger partial charge in [0.1, 0.15) is 0 Å². The number of benzene rings is 1. The number of aliphatic imine (C=N–C) groups is 2. The molecule has 24 heavy (non-hydrogen) atoms. The van der Waals surface area contributed by atoms with Gasteiger partial charge in [-0.1, -0.05) is 75.7 Å². The van der Waals surface area contributed by atoms with Crippen molar-refractivity contribution in [1.82, 2.24) is 4.90 Å². The molecule has 0 N–H and O–H groups in total. The minimum Gasteiger partial charge on any atom is -0.454 e. The van der Waals surface area contributed by atoms with Crippen LogP contribution in [-0.2, 0) is 6.54 Å². The summed E-state index contributed by atoms with van der Waals surface area (Å²) in [6, 6.07) is 5.50. The van der Waals surface area contributed by atoms with Gasteiger partial charge in [0.2, 0.25) is 14.4 Å². The van der Waals surface area contributed by atoms with Crippen LogP contribution in [0.4, 0.5) is 0 Å². The molecule has 2 aliphatic heterocycles. The molecule has 1 aromatic carbocycles. The van der Waals surface area contributed by atoms with Gasteiger partial charge in [-0.15, -0.1) is 0 Å². The minimum atomic E-state index is -1.81. The molecule has 11 heteroatoms. The van der Waals surface area contributed by atoms with E-state index in [1.54, 1.807) is 11.0 Å². The quantitative estimate of drug-likeness (QED) is 0.611. The average molecular weight is 452 g/mol. The third kappa shape index (κ3) is 4.09. The number of hydrogen-bond acceptors (Lipinski definition) is 5. The number of rotatable bonds is 2. The van der Waals surface area contributed by atoms with E-state index < -0.39 is 13.8 Å². The molecular weight excluding hydrogens is 443 g/mol. The van der Waals surface area contributed by atoms with Crippen molar-refractivity contribution in [3.63, 3.8) is 0 Å². The number of ether oxygens (including phenoxy) is 2. The second-order valence-electron chi connectivity index (χ2n) is 4.97. The predicted octanol–water partition coefficient (Wildman–Crippen LogP) is 4.72. The molecule has 0 amide bonds. The van der Waals surface area contributed by atoms with Crippen LogP contribution < -0.4 is 9.47 Å². The van der Waals surface area contributed by atoms with E-state index in [0.717, 1.165) is 5.56 Å². The van der Waals surface area contributed by atoms with E-state index in [1.165, 1.54) is 6.34 Å². The first kappa shape index (κ1) is 18.5. The highest BCUT2D eigenvalue weighted by Crippen LogP contribution is 2.39. The van der Waals surface area contributed by atoms with Crippen molar-refractivity contribution >= 4 is 81.8 Å². The van der Waals surface area contributed by atoms with E-state index in [-0.39, 0.29) is 12.6 Å². The van der Waals surface area contributed by atoms with Gasteiger partial charge >= 0.3 is 0 Å². The fourth-order valence-electron chi connectivity index (χ4n) is 2.20. The van der Waals surface area contributed by atoms with Crippen LogP contribution in [0.5, 0.6) is 11.5 Å². The lowest BCUT2D eigenvalue weighted by molar-refractivity contribution is 0.174. The lowest BCUT2D eigenvalue weighted by atomic mass is 10.2. The number of amidine groups is 1. The van der Waals surface area contributed by atoms with E-state index in [2.05, 4.69) is 9.98 Å². The lowest BCUT2D eigenvalue weighted by Crippen LogP contribution is -2.45. The topological polar surface area (TPSA) is 46.4 Å². The Kier molecular flexibility index (Phi) is 5.23. The Morgan fingerprint density at radius 3 is 2.46 bits per heavy atom. The highest BCUT2D eigenvalue weighted by Gasteiger charge is 2.41. The van der Waals surface area contributed by atoms with Crippen molar-refractivity contribution < 1.29 is 9.47 Å². The second-order valence-corrected chi connectivity index (χ2v) is 9.62. The van der Waals surface area contributed by atoms with Crippen LogP contribution in [0.1, 0.15) is 5.56 Å². The van der Waals surface area contributed by atoms with Crippen LogP contribution in [-0.4, -0.2) is 37.6 Å². The zero-order valence-corrected chi connectivity index (χ0v) is 16.3. The third-order valence-corrected chi connectivity index (χ3v) is 4.33. The molecule has 0 aliphatic carbocycles. The first-order valence-corrected chi connectivity index (χ1v) is 8.81. The number of alkyl halides is 6. The van der Waals surface area contributed by atoms with E-state index in [1.807, 2.05) is 12.1 Å². The van der Waals surface area contributed by atoms with Crippen LogP contribution in [0.25, 0.3) is 0 Å². The summed E-state index contributed by atoms with van der Waals surface area (Å²) < 4.78 is 7.07. The molecule has 130 valence electrons. The molecule has 1 atom stereocenters. The van der Waals surface area contributed by atoms with Crippen LogP contribution in [0.15, 0.2) is 28.2 Å². The zero-order chi connectivity index (χ0) is 17.5. The number of hydrogen-bond donors (Lipinski definition) is 0. The van der Waals surface area contributed by atoms with Gasteiger partial charge in [-0.25, -0.2) is 9.98 Å². The summed E-state index contributed by atoms with van der Waals surface area (Å²) in [5, 5.41) is 0. The maximum absolute atomic E-state index is 6.03. The summed E-state index contributed by atoms with van der Waals surface area (Å²) in [4.78, 5) is 9.84. The summed E-state index contributed by atoms with van der Waals surface area (Å²) in [6.07, 6.45) is 0.525. The molecular formula is C13H9Cl6N3O2. The molecule has 0 spiro atoms. The molecule has 2 aliphatic rings. The van der Waals surface area contributed by atoms with Gasteiger partial charge in [0.15, 0.2) is 23.5 Å². The highest BCUT2D eigenvalue weighted by molar-refractivity contribution is 6.77. The monoisotopic (exact) mass is 449 g/mol. The van der Waals surface area contributed by atoms with Crippen LogP contribution >= 0.6 is 69.6 Å². The van der Waals surface area contributed by atoms with E-state index in [9.17, 15) is 0 Å². The van der Waals surface area contributed by atoms with Gasteiger partial charge in [-0.3, -0.25) is 0 Å². The van der Waals surface area contributed by atoms with Crippen molar-refractivity contribution in [2.45, 2.75) is 20.3 Å². The minimum absolute atomic E-state index is 0.0502. The Balaban J connectivity index is 1.85. The summed E-state index contributed by atoms with van der Waals surface area (Å²) in [6.45, 7) is 0.549. The highest BCUT2D eigenvalue weighted by atomic mass is 35.6. The molecule has 0 aromatic heterocycles. The Bertz CT molecular complexity index is 698. The number of halogens is 6. The standard InChI is InChI=1S/C13H9Cl6N3O2/c14-12(15,16)10-20-5-22(11(21-10)13(17,18)19)4-7-1-2-8-9(3-7)24-6-23-8/h1-3,5,11H,4,6H2. The first-order valence-electron chi connectivity index (χ1n) is 6.55. The Hall–Kier alpha value is -0.300. The van der Waals surface area contributed by atoms with E-state index in [4.69, 9.17) is 79.1 Å². The summed E-state index contributed by atoms with van der Waals surface area (Å²) in [5.74, 6) is 1.28. The Morgan fingerprint density at radius 1 is 1.08 bits per heavy atom. The van der Waals surface area contributed by atoms with Gasteiger partial charge in [0.25, 0.3) is 0 Å². The fourth-order valence-corrected chi connectivity index (χ4v) is 3.02. The van der Waals surface area contributed by atoms with Gasteiger partial charge < -0.3 is 14.4 Å². The SMILES string of the molecule is ClC(Cl)(Cl)C1=NC(C(Cl)(Cl)Cl)N(Cc2ccc3c(c2)OCO3)C=N1. The molecule has 0 saturated carbocycles. The Labute approximate surface area is 168 Å². The van der Waals surface area contributed by atoms with Crippen LogP contribution in [0.3, 0.4) is 0 Å². The molecule has 0 fully saturated rings. The Morgan fingerprint density at radius 2 is 1.79 bits per heavy atom. The van der Waals surface area contributed by atoms with Gasteiger partial charge in [0.05, 0.1) is 6.34 Å². The lowest BCUT2D eigenvalue weighted by Gasteiger charge is -2.35. The molecule has 0 saturated heterocycles. The molecule has 0 radical (unpaired) electrons. The molecule has 2 heterocycles. The molecule has 1 unspecified atom stereocenters. The van der Waals surface area contributed by atoms with Crippen molar-refractivity contribution in [1.29, 1.82) is 0 Å². The number of fused-ring (bicyclic) bond motifs is 1. The van der Waals surface area contributed by atoms with E-state index in [0.29, 0.717) is 18.0 Å². The van der Waals surface area contributed by atoms with Crippen molar-refractivity contribution in [3.05, 3.63) is 23.8 Å². The van der Waals surface area contributed by atoms with Crippen molar-refractivity contribution in [2.24, 2.45) is 9.98 Å². The smallest absolute Gasteiger partial charge is 0.249 e. The van der Waals surface area contributed by atoms with Crippen molar-refractivity contribution in [3.8, 4) is 11.5 Å². The van der Waals surface area contributed by atoms with Crippen LogP contribution in [0.2, 0.25) is 0 Å². The van der Waals surface area contributed by atoms with Gasteiger partial charge in [-0.2, -0.15) is 0 Å². The summed E-state index contributed by atoms with van der Waals surface area (Å²) in [7, 11) is 0. The molecule has 1 aromatic rings. The zero-order valence-electron chi connectivity index (χ0n) is 11.7. The maximum atomic E-state index is 6.03.